The second kappa shape index (κ2) is 5.78. The highest BCUT2D eigenvalue weighted by atomic mass is 19.1. The maximum Gasteiger partial charge on any atom is 0.127 e. The van der Waals surface area contributed by atoms with Crippen molar-refractivity contribution < 1.29 is 13.9 Å². The minimum absolute atomic E-state index is 0.0812. The van der Waals surface area contributed by atoms with E-state index in [1.807, 2.05) is 6.92 Å². The van der Waals surface area contributed by atoms with Gasteiger partial charge in [0.2, 0.25) is 0 Å². The van der Waals surface area contributed by atoms with Crippen molar-refractivity contribution in [3.63, 3.8) is 0 Å². The van der Waals surface area contributed by atoms with Crippen LogP contribution in [0, 0.1) is 11.6 Å². The lowest BCUT2D eigenvalue weighted by molar-refractivity contribution is 0.268. The van der Waals surface area contributed by atoms with E-state index in [4.69, 9.17) is 5.11 Å². The molecule has 0 heterocycles. The lowest BCUT2D eigenvalue weighted by Crippen LogP contribution is -2.26. The molecule has 1 aromatic carbocycles. The van der Waals surface area contributed by atoms with Crippen LogP contribution in [-0.4, -0.2) is 17.8 Å². The quantitative estimate of drug-likeness (QED) is 0.785. The SMILES string of the molecule is C[C@H](CCO)NCc1cc(F)ccc1F. The lowest BCUT2D eigenvalue weighted by atomic mass is 10.2. The van der Waals surface area contributed by atoms with Crippen molar-refractivity contribution in [2.24, 2.45) is 0 Å². The van der Waals surface area contributed by atoms with Gasteiger partial charge in [0.25, 0.3) is 0 Å². The van der Waals surface area contributed by atoms with Crippen molar-refractivity contribution in [1.82, 2.24) is 5.32 Å². The van der Waals surface area contributed by atoms with Gasteiger partial charge in [-0.2, -0.15) is 0 Å². The molecule has 0 saturated heterocycles. The molecular formula is C11H15F2NO. The van der Waals surface area contributed by atoms with Crippen molar-refractivity contribution in [3.05, 3.63) is 35.4 Å². The summed E-state index contributed by atoms with van der Waals surface area (Å²) >= 11 is 0. The Morgan fingerprint density at radius 2 is 2.13 bits per heavy atom. The molecule has 0 unspecified atom stereocenters. The van der Waals surface area contributed by atoms with Gasteiger partial charge in [-0.05, 0) is 31.5 Å². The summed E-state index contributed by atoms with van der Waals surface area (Å²) < 4.78 is 25.9. The molecule has 0 saturated carbocycles. The summed E-state index contributed by atoms with van der Waals surface area (Å²) in [6.45, 7) is 2.23. The van der Waals surface area contributed by atoms with E-state index < -0.39 is 11.6 Å². The van der Waals surface area contributed by atoms with E-state index in [-0.39, 0.29) is 19.2 Å². The number of halogens is 2. The molecule has 2 nitrogen and oxygen atoms in total. The second-order valence-corrected chi connectivity index (χ2v) is 3.53. The van der Waals surface area contributed by atoms with Crippen molar-refractivity contribution in [2.45, 2.75) is 25.9 Å². The molecule has 0 spiro atoms. The highest BCUT2D eigenvalue weighted by Crippen LogP contribution is 2.09. The minimum atomic E-state index is -0.442. The summed E-state index contributed by atoms with van der Waals surface area (Å²) in [6.07, 6.45) is 0.594. The first-order valence-electron chi connectivity index (χ1n) is 4.91. The van der Waals surface area contributed by atoms with Gasteiger partial charge in [0.05, 0.1) is 0 Å². The molecule has 0 radical (unpaired) electrons. The summed E-state index contributed by atoms with van der Waals surface area (Å²) in [4.78, 5) is 0. The molecule has 0 amide bonds. The van der Waals surface area contributed by atoms with Crippen molar-refractivity contribution in [2.75, 3.05) is 6.61 Å². The molecule has 1 atom stereocenters. The monoisotopic (exact) mass is 215 g/mol. The second-order valence-electron chi connectivity index (χ2n) is 3.53. The number of benzene rings is 1. The highest BCUT2D eigenvalue weighted by molar-refractivity contribution is 5.18. The molecular weight excluding hydrogens is 200 g/mol. The van der Waals surface area contributed by atoms with E-state index in [2.05, 4.69) is 5.32 Å². The number of aliphatic hydroxyl groups is 1. The Bertz CT molecular complexity index is 317. The van der Waals surface area contributed by atoms with Gasteiger partial charge >= 0.3 is 0 Å². The van der Waals surface area contributed by atoms with E-state index >= 15 is 0 Å². The highest BCUT2D eigenvalue weighted by Gasteiger charge is 2.05. The largest absolute Gasteiger partial charge is 0.396 e. The van der Waals surface area contributed by atoms with Gasteiger partial charge in [0, 0.05) is 24.8 Å². The van der Waals surface area contributed by atoms with Crippen LogP contribution in [0.5, 0.6) is 0 Å². The topological polar surface area (TPSA) is 32.3 Å². The van der Waals surface area contributed by atoms with Crippen LogP contribution in [0.4, 0.5) is 8.78 Å². The molecule has 0 aliphatic carbocycles. The van der Waals surface area contributed by atoms with Gasteiger partial charge in [0.15, 0.2) is 0 Å². The molecule has 4 heteroatoms. The number of hydrogen-bond donors (Lipinski definition) is 2. The molecule has 0 fully saturated rings. The van der Waals surface area contributed by atoms with Gasteiger partial charge in [-0.15, -0.1) is 0 Å². The summed E-state index contributed by atoms with van der Waals surface area (Å²) in [5, 5.41) is 11.7. The van der Waals surface area contributed by atoms with Crippen molar-refractivity contribution in [1.29, 1.82) is 0 Å². The molecule has 15 heavy (non-hydrogen) atoms. The van der Waals surface area contributed by atoms with Gasteiger partial charge in [-0.25, -0.2) is 8.78 Å². The number of hydrogen-bond acceptors (Lipinski definition) is 2. The van der Waals surface area contributed by atoms with Crippen LogP contribution in [0.2, 0.25) is 0 Å². The first kappa shape index (κ1) is 12.1. The Labute approximate surface area is 87.9 Å². The summed E-state index contributed by atoms with van der Waals surface area (Å²) in [5.74, 6) is -0.858. The van der Waals surface area contributed by atoms with Gasteiger partial charge < -0.3 is 10.4 Å². The normalized spacial score (nSPS) is 12.8. The molecule has 0 aromatic heterocycles. The molecule has 0 aliphatic heterocycles. The Morgan fingerprint density at radius 1 is 1.40 bits per heavy atom. The molecule has 1 rings (SSSR count). The number of aliphatic hydroxyl groups excluding tert-OH is 1. The van der Waals surface area contributed by atoms with Crippen LogP contribution < -0.4 is 5.32 Å². The van der Waals surface area contributed by atoms with E-state index in [0.29, 0.717) is 12.0 Å². The Hall–Kier alpha value is -1.00. The van der Waals surface area contributed by atoms with Gasteiger partial charge in [-0.3, -0.25) is 0 Å². The number of rotatable bonds is 5. The fourth-order valence-electron chi connectivity index (χ4n) is 1.26. The van der Waals surface area contributed by atoms with Crippen LogP contribution >= 0.6 is 0 Å². The van der Waals surface area contributed by atoms with E-state index in [1.54, 1.807) is 0 Å². The summed E-state index contributed by atoms with van der Waals surface area (Å²) in [6, 6.07) is 3.46. The van der Waals surface area contributed by atoms with Crippen molar-refractivity contribution in [3.8, 4) is 0 Å². The third-order valence-corrected chi connectivity index (χ3v) is 2.21. The molecule has 84 valence electrons. The first-order chi connectivity index (χ1) is 7.13. The van der Waals surface area contributed by atoms with Crippen LogP contribution in [-0.2, 0) is 6.54 Å². The fourth-order valence-corrected chi connectivity index (χ4v) is 1.26. The van der Waals surface area contributed by atoms with Crippen LogP contribution in [0.15, 0.2) is 18.2 Å². The fraction of sp³-hybridized carbons (Fsp3) is 0.455. The average molecular weight is 215 g/mol. The number of nitrogens with one attached hydrogen (secondary N) is 1. The predicted octanol–water partition coefficient (Wildman–Crippen LogP) is 1.83. The maximum absolute atomic E-state index is 13.1. The van der Waals surface area contributed by atoms with E-state index in [0.717, 1.165) is 12.1 Å². The zero-order valence-corrected chi connectivity index (χ0v) is 8.63. The van der Waals surface area contributed by atoms with Crippen LogP contribution in [0.25, 0.3) is 0 Å². The van der Waals surface area contributed by atoms with Crippen molar-refractivity contribution >= 4 is 0 Å². The smallest absolute Gasteiger partial charge is 0.127 e. The predicted molar refractivity (Wildman–Crippen MR) is 54.4 cm³/mol. The van der Waals surface area contributed by atoms with Gasteiger partial charge in [-0.1, -0.05) is 0 Å². The third kappa shape index (κ3) is 3.93. The summed E-state index contributed by atoms with van der Waals surface area (Å²) in [5.41, 5.74) is 0.305. The third-order valence-electron chi connectivity index (χ3n) is 2.21. The molecule has 0 aliphatic rings. The van der Waals surface area contributed by atoms with E-state index in [9.17, 15) is 8.78 Å². The zero-order chi connectivity index (χ0) is 11.3. The average Bonchev–Trinajstić information content (AvgIpc) is 2.20. The zero-order valence-electron chi connectivity index (χ0n) is 8.63. The first-order valence-corrected chi connectivity index (χ1v) is 4.91. The maximum atomic E-state index is 13.1. The molecule has 1 aromatic rings. The Kier molecular flexibility index (Phi) is 4.65. The van der Waals surface area contributed by atoms with Gasteiger partial charge in [0.1, 0.15) is 11.6 Å². The molecule has 2 N–H and O–H groups in total. The Morgan fingerprint density at radius 3 is 2.80 bits per heavy atom. The summed E-state index contributed by atoms with van der Waals surface area (Å²) in [7, 11) is 0. The molecule has 0 bridgehead atoms. The van der Waals surface area contributed by atoms with Crippen LogP contribution in [0.1, 0.15) is 18.9 Å². The van der Waals surface area contributed by atoms with Crippen LogP contribution in [0.3, 0.4) is 0 Å². The lowest BCUT2D eigenvalue weighted by Gasteiger charge is -2.12. The Balaban J connectivity index is 2.53. The van der Waals surface area contributed by atoms with E-state index in [1.165, 1.54) is 6.07 Å². The standard InChI is InChI=1S/C11H15F2NO/c1-8(4-5-15)14-7-9-6-10(12)2-3-11(9)13/h2-3,6,8,14-15H,4-5,7H2,1H3/t8-/m1/s1. The minimum Gasteiger partial charge on any atom is -0.396 e.